The summed E-state index contributed by atoms with van der Waals surface area (Å²) in [5.74, 6) is 0.448. The van der Waals surface area contributed by atoms with Crippen molar-refractivity contribution in [2.45, 2.75) is 6.54 Å². The molecule has 0 saturated carbocycles. The fourth-order valence-electron chi connectivity index (χ4n) is 1.33. The van der Waals surface area contributed by atoms with Crippen molar-refractivity contribution in [3.05, 3.63) is 29.1 Å². The largest absolute Gasteiger partial charge is 0.378 e. The molecule has 0 aliphatic heterocycles. The van der Waals surface area contributed by atoms with Gasteiger partial charge in [-0.15, -0.1) is 16.7 Å². The SMILES string of the molecule is O=c1n(CCOCCCl)nc2cnccn12. The number of alkyl halides is 1. The van der Waals surface area contributed by atoms with E-state index in [-0.39, 0.29) is 5.69 Å². The first-order valence-electron chi connectivity index (χ1n) is 4.86. The van der Waals surface area contributed by atoms with Gasteiger partial charge in [0.15, 0.2) is 5.65 Å². The van der Waals surface area contributed by atoms with Gasteiger partial charge in [-0.3, -0.25) is 4.98 Å². The van der Waals surface area contributed by atoms with Crippen LogP contribution in [0.15, 0.2) is 23.4 Å². The molecule has 0 unspecified atom stereocenters. The summed E-state index contributed by atoms with van der Waals surface area (Å²) >= 11 is 5.46. The van der Waals surface area contributed by atoms with Gasteiger partial charge in [0.1, 0.15) is 0 Å². The number of nitrogens with zero attached hydrogens (tertiary/aromatic N) is 4. The molecular formula is C9H11ClN4O2. The highest BCUT2D eigenvalue weighted by atomic mass is 35.5. The number of halogens is 1. The van der Waals surface area contributed by atoms with E-state index in [2.05, 4.69) is 10.1 Å². The zero-order valence-electron chi connectivity index (χ0n) is 8.54. The van der Waals surface area contributed by atoms with Gasteiger partial charge in [-0.05, 0) is 0 Å². The molecule has 0 aliphatic carbocycles. The quantitative estimate of drug-likeness (QED) is 0.553. The Balaban J connectivity index is 2.13. The van der Waals surface area contributed by atoms with Crippen LogP contribution in [-0.2, 0) is 11.3 Å². The highest BCUT2D eigenvalue weighted by Gasteiger charge is 2.05. The van der Waals surface area contributed by atoms with E-state index < -0.39 is 0 Å². The monoisotopic (exact) mass is 242 g/mol. The molecule has 0 radical (unpaired) electrons. The normalized spacial score (nSPS) is 11.1. The molecule has 86 valence electrons. The Morgan fingerprint density at radius 3 is 3.06 bits per heavy atom. The Hall–Kier alpha value is -1.40. The Kier molecular flexibility index (Phi) is 3.53. The smallest absolute Gasteiger partial charge is 0.350 e. The fraction of sp³-hybridized carbons (Fsp3) is 0.444. The third-order valence-electron chi connectivity index (χ3n) is 2.06. The second kappa shape index (κ2) is 5.09. The number of ether oxygens (including phenoxy) is 1. The maximum Gasteiger partial charge on any atom is 0.350 e. The minimum absolute atomic E-state index is 0.188. The lowest BCUT2D eigenvalue weighted by molar-refractivity contribution is 0.137. The molecule has 0 aromatic carbocycles. The number of fused-ring (bicyclic) bond motifs is 1. The van der Waals surface area contributed by atoms with Crippen molar-refractivity contribution in [1.82, 2.24) is 19.2 Å². The van der Waals surface area contributed by atoms with Crippen molar-refractivity contribution in [3.63, 3.8) is 0 Å². The van der Waals surface area contributed by atoms with Crippen molar-refractivity contribution in [1.29, 1.82) is 0 Å². The summed E-state index contributed by atoms with van der Waals surface area (Å²) in [6, 6.07) is 0. The summed E-state index contributed by atoms with van der Waals surface area (Å²) in [4.78, 5) is 15.6. The molecule has 0 N–H and O–H groups in total. The molecule has 2 rings (SSSR count). The van der Waals surface area contributed by atoms with Crippen LogP contribution in [0.4, 0.5) is 0 Å². The molecule has 6 nitrogen and oxygen atoms in total. The lowest BCUT2D eigenvalue weighted by Gasteiger charge is -1.99. The van der Waals surface area contributed by atoms with Gasteiger partial charge in [0.2, 0.25) is 0 Å². The van der Waals surface area contributed by atoms with Gasteiger partial charge >= 0.3 is 5.69 Å². The van der Waals surface area contributed by atoms with Gasteiger partial charge in [-0.2, -0.15) is 0 Å². The van der Waals surface area contributed by atoms with Crippen LogP contribution in [0.3, 0.4) is 0 Å². The summed E-state index contributed by atoms with van der Waals surface area (Å²) < 4.78 is 7.97. The number of aromatic nitrogens is 4. The third-order valence-corrected chi connectivity index (χ3v) is 2.21. The van der Waals surface area contributed by atoms with Crippen LogP contribution in [0.1, 0.15) is 0 Å². The molecule has 0 amide bonds. The van der Waals surface area contributed by atoms with Crippen LogP contribution >= 0.6 is 11.6 Å². The topological polar surface area (TPSA) is 61.4 Å². The Morgan fingerprint density at radius 1 is 1.44 bits per heavy atom. The molecule has 0 fully saturated rings. The van der Waals surface area contributed by atoms with E-state index in [0.29, 0.717) is 31.3 Å². The predicted molar refractivity (Wildman–Crippen MR) is 58.8 cm³/mol. The molecular weight excluding hydrogens is 232 g/mol. The van der Waals surface area contributed by atoms with Crippen LogP contribution in [0.5, 0.6) is 0 Å². The van der Waals surface area contributed by atoms with Crippen molar-refractivity contribution in [2.75, 3.05) is 19.1 Å². The van der Waals surface area contributed by atoms with Crippen molar-refractivity contribution in [3.8, 4) is 0 Å². The molecule has 16 heavy (non-hydrogen) atoms. The zero-order valence-corrected chi connectivity index (χ0v) is 9.30. The summed E-state index contributed by atoms with van der Waals surface area (Å²) in [7, 11) is 0. The lowest BCUT2D eigenvalue weighted by atomic mass is 10.7. The van der Waals surface area contributed by atoms with Crippen molar-refractivity contribution >= 4 is 17.2 Å². The molecule has 0 saturated heterocycles. The van der Waals surface area contributed by atoms with Gasteiger partial charge in [-0.1, -0.05) is 0 Å². The fourth-order valence-corrected chi connectivity index (χ4v) is 1.44. The van der Waals surface area contributed by atoms with E-state index in [1.165, 1.54) is 15.3 Å². The van der Waals surface area contributed by atoms with Crippen molar-refractivity contribution in [2.24, 2.45) is 0 Å². The number of hydrogen-bond donors (Lipinski definition) is 0. The average molecular weight is 243 g/mol. The molecule has 0 atom stereocenters. The van der Waals surface area contributed by atoms with E-state index in [4.69, 9.17) is 16.3 Å². The van der Waals surface area contributed by atoms with Crippen LogP contribution < -0.4 is 5.69 Å². The summed E-state index contributed by atoms with van der Waals surface area (Å²) in [6.07, 6.45) is 4.67. The van der Waals surface area contributed by atoms with E-state index in [1.807, 2.05) is 0 Å². The lowest BCUT2D eigenvalue weighted by Crippen LogP contribution is -2.23. The molecule has 2 heterocycles. The number of hydrogen-bond acceptors (Lipinski definition) is 4. The third kappa shape index (κ3) is 2.23. The maximum atomic E-state index is 11.7. The summed E-state index contributed by atoms with van der Waals surface area (Å²) in [5.41, 5.74) is 0.344. The minimum Gasteiger partial charge on any atom is -0.378 e. The Morgan fingerprint density at radius 2 is 2.31 bits per heavy atom. The van der Waals surface area contributed by atoms with Gasteiger partial charge < -0.3 is 4.74 Å². The Bertz CT molecular complexity index is 521. The molecule has 2 aromatic rings. The molecule has 0 aliphatic rings. The first-order chi connectivity index (χ1) is 7.83. The Labute approximate surface area is 96.4 Å². The highest BCUT2D eigenvalue weighted by molar-refractivity contribution is 6.17. The van der Waals surface area contributed by atoms with E-state index >= 15 is 0 Å². The van der Waals surface area contributed by atoms with Crippen LogP contribution in [0.25, 0.3) is 5.65 Å². The molecule has 0 spiro atoms. The minimum atomic E-state index is -0.188. The summed E-state index contributed by atoms with van der Waals surface area (Å²) in [5, 5.41) is 4.10. The zero-order chi connectivity index (χ0) is 11.4. The van der Waals surface area contributed by atoms with Gasteiger partial charge in [0.05, 0.1) is 26.0 Å². The second-order valence-corrected chi connectivity index (χ2v) is 3.49. The maximum absolute atomic E-state index is 11.7. The first-order valence-corrected chi connectivity index (χ1v) is 5.39. The van der Waals surface area contributed by atoms with E-state index in [0.717, 1.165) is 0 Å². The first kappa shape index (κ1) is 11.1. The van der Waals surface area contributed by atoms with Crippen LogP contribution in [-0.4, -0.2) is 38.3 Å². The van der Waals surface area contributed by atoms with Gasteiger partial charge in [-0.25, -0.2) is 13.9 Å². The van der Waals surface area contributed by atoms with Crippen LogP contribution in [0.2, 0.25) is 0 Å². The standard InChI is InChI=1S/C9H11ClN4O2/c10-1-5-16-6-4-14-9(15)13-3-2-11-7-8(13)12-14/h2-3,7H,1,4-6H2. The van der Waals surface area contributed by atoms with Crippen LogP contribution in [0, 0.1) is 0 Å². The highest BCUT2D eigenvalue weighted by Crippen LogP contribution is 1.92. The second-order valence-electron chi connectivity index (χ2n) is 3.11. The molecule has 7 heteroatoms. The van der Waals surface area contributed by atoms with Crippen molar-refractivity contribution < 1.29 is 4.74 Å². The van der Waals surface area contributed by atoms with Gasteiger partial charge in [0, 0.05) is 18.3 Å². The number of rotatable bonds is 5. The summed E-state index contributed by atoms with van der Waals surface area (Å²) in [6.45, 7) is 1.31. The predicted octanol–water partition coefficient (Wildman–Crippen LogP) is 0.146. The van der Waals surface area contributed by atoms with Gasteiger partial charge in [0.25, 0.3) is 0 Å². The average Bonchev–Trinajstić information content (AvgIpc) is 2.63. The van der Waals surface area contributed by atoms with E-state index in [9.17, 15) is 4.79 Å². The van der Waals surface area contributed by atoms with E-state index in [1.54, 1.807) is 12.4 Å². The molecule has 0 bridgehead atoms. The molecule has 2 aromatic heterocycles.